The van der Waals surface area contributed by atoms with E-state index >= 15 is 0 Å². The van der Waals surface area contributed by atoms with Crippen molar-refractivity contribution >= 4 is 0 Å². The fourth-order valence-corrected chi connectivity index (χ4v) is 1.51. The quantitative estimate of drug-likeness (QED) is 0.860. The normalized spacial score (nSPS) is 10.6. The van der Waals surface area contributed by atoms with Crippen molar-refractivity contribution in [2.45, 2.75) is 13.5 Å². The molecular weight excluding hydrogens is 207 g/mol. The Morgan fingerprint density at radius 1 is 1.44 bits per heavy atom. The van der Waals surface area contributed by atoms with E-state index in [1.54, 1.807) is 18.3 Å². The molecule has 1 N–H and O–H groups in total. The first-order valence-corrected chi connectivity index (χ1v) is 5.21. The second-order valence-electron chi connectivity index (χ2n) is 3.47. The molecule has 84 valence electrons. The maximum absolute atomic E-state index is 13.1. The molecule has 0 aliphatic rings. The van der Waals surface area contributed by atoms with Gasteiger partial charge in [0.05, 0.1) is 6.20 Å². The lowest BCUT2D eigenvalue weighted by Gasteiger charge is -2.01. The van der Waals surface area contributed by atoms with Crippen LogP contribution in [0.2, 0.25) is 0 Å². The maximum atomic E-state index is 13.1. The molecule has 1 heterocycles. The molecule has 0 unspecified atom stereocenters. The van der Waals surface area contributed by atoms with E-state index in [0.29, 0.717) is 17.9 Å². The van der Waals surface area contributed by atoms with Crippen LogP contribution >= 0.6 is 0 Å². The summed E-state index contributed by atoms with van der Waals surface area (Å²) >= 11 is 0. The highest BCUT2D eigenvalue weighted by Gasteiger charge is 2.10. The number of aromatic nitrogens is 1. The molecule has 0 bridgehead atoms. The average molecular weight is 220 g/mol. The van der Waals surface area contributed by atoms with Gasteiger partial charge in [-0.25, -0.2) is 4.39 Å². The van der Waals surface area contributed by atoms with Gasteiger partial charge in [-0.05, 0) is 18.7 Å². The summed E-state index contributed by atoms with van der Waals surface area (Å²) in [5, 5.41) is 6.93. The van der Waals surface area contributed by atoms with Gasteiger partial charge in [0.25, 0.3) is 0 Å². The second kappa shape index (κ2) is 4.90. The van der Waals surface area contributed by atoms with E-state index in [2.05, 4.69) is 10.5 Å². The summed E-state index contributed by atoms with van der Waals surface area (Å²) < 4.78 is 18.2. The van der Waals surface area contributed by atoms with E-state index in [0.717, 1.165) is 12.1 Å². The van der Waals surface area contributed by atoms with Crippen molar-refractivity contribution in [3.8, 4) is 11.3 Å². The monoisotopic (exact) mass is 220 g/mol. The summed E-state index contributed by atoms with van der Waals surface area (Å²) in [5.74, 6) is 0.351. The van der Waals surface area contributed by atoms with Gasteiger partial charge in [0.1, 0.15) is 5.82 Å². The Balaban J connectivity index is 2.29. The van der Waals surface area contributed by atoms with Crippen LogP contribution in [0.4, 0.5) is 4.39 Å². The molecule has 3 nitrogen and oxygen atoms in total. The summed E-state index contributed by atoms with van der Waals surface area (Å²) in [6.07, 6.45) is 1.66. The Kier molecular flexibility index (Phi) is 3.31. The third-order valence-corrected chi connectivity index (χ3v) is 2.30. The second-order valence-corrected chi connectivity index (χ2v) is 3.47. The van der Waals surface area contributed by atoms with Gasteiger partial charge in [0.15, 0.2) is 5.76 Å². The first-order chi connectivity index (χ1) is 7.81. The van der Waals surface area contributed by atoms with Gasteiger partial charge in [-0.15, -0.1) is 0 Å². The highest BCUT2D eigenvalue weighted by atomic mass is 19.1. The molecule has 16 heavy (non-hydrogen) atoms. The Morgan fingerprint density at radius 2 is 2.31 bits per heavy atom. The van der Waals surface area contributed by atoms with Crippen LogP contribution in [-0.2, 0) is 6.54 Å². The van der Waals surface area contributed by atoms with Crippen LogP contribution < -0.4 is 5.32 Å². The number of benzene rings is 1. The van der Waals surface area contributed by atoms with E-state index < -0.39 is 0 Å². The van der Waals surface area contributed by atoms with Crippen LogP contribution in [0.15, 0.2) is 35.0 Å². The zero-order valence-corrected chi connectivity index (χ0v) is 9.03. The van der Waals surface area contributed by atoms with Crippen LogP contribution in [0.1, 0.15) is 12.5 Å². The number of halogens is 1. The third kappa shape index (κ3) is 2.28. The Morgan fingerprint density at radius 3 is 3.06 bits per heavy atom. The summed E-state index contributed by atoms with van der Waals surface area (Å²) in [6.45, 7) is 3.56. The first-order valence-electron chi connectivity index (χ1n) is 5.21. The van der Waals surface area contributed by atoms with Gasteiger partial charge >= 0.3 is 0 Å². The number of nitrogens with one attached hydrogen (secondary N) is 1. The van der Waals surface area contributed by atoms with Crippen molar-refractivity contribution in [2.75, 3.05) is 6.54 Å². The predicted molar refractivity (Wildman–Crippen MR) is 59.3 cm³/mol. The summed E-state index contributed by atoms with van der Waals surface area (Å²) in [7, 11) is 0. The van der Waals surface area contributed by atoms with Crippen molar-refractivity contribution in [1.29, 1.82) is 0 Å². The summed E-state index contributed by atoms with van der Waals surface area (Å²) in [5.41, 5.74) is 1.65. The summed E-state index contributed by atoms with van der Waals surface area (Å²) in [6, 6.07) is 6.31. The van der Waals surface area contributed by atoms with Gasteiger partial charge in [-0.2, -0.15) is 0 Å². The van der Waals surface area contributed by atoms with Gasteiger partial charge in [0, 0.05) is 17.7 Å². The number of hydrogen-bond donors (Lipinski definition) is 1. The molecule has 0 aliphatic carbocycles. The molecule has 0 aliphatic heterocycles. The van der Waals surface area contributed by atoms with Gasteiger partial charge < -0.3 is 9.84 Å². The SMILES string of the molecule is CCNCc1cnoc1-c1cccc(F)c1. The van der Waals surface area contributed by atoms with E-state index in [4.69, 9.17) is 4.52 Å². The van der Waals surface area contributed by atoms with Crippen molar-refractivity contribution in [3.05, 3.63) is 41.8 Å². The molecule has 0 saturated carbocycles. The van der Waals surface area contributed by atoms with Crippen molar-refractivity contribution in [3.63, 3.8) is 0 Å². The predicted octanol–water partition coefficient (Wildman–Crippen LogP) is 2.59. The minimum atomic E-state index is -0.275. The molecule has 0 spiro atoms. The molecule has 0 fully saturated rings. The minimum absolute atomic E-state index is 0.275. The van der Waals surface area contributed by atoms with Crippen LogP contribution in [-0.4, -0.2) is 11.7 Å². The van der Waals surface area contributed by atoms with Crippen LogP contribution in [0.25, 0.3) is 11.3 Å². The van der Waals surface area contributed by atoms with E-state index in [9.17, 15) is 4.39 Å². The molecule has 1 aromatic heterocycles. The minimum Gasteiger partial charge on any atom is -0.356 e. The molecule has 0 saturated heterocycles. The van der Waals surface area contributed by atoms with E-state index in [-0.39, 0.29) is 5.82 Å². The Bertz CT molecular complexity index is 468. The van der Waals surface area contributed by atoms with Crippen LogP contribution in [0, 0.1) is 5.82 Å². The average Bonchev–Trinajstić information content (AvgIpc) is 2.74. The van der Waals surface area contributed by atoms with E-state index in [1.165, 1.54) is 12.1 Å². The van der Waals surface area contributed by atoms with E-state index in [1.807, 2.05) is 6.92 Å². The lowest BCUT2D eigenvalue weighted by atomic mass is 10.1. The largest absolute Gasteiger partial charge is 0.356 e. The lowest BCUT2D eigenvalue weighted by molar-refractivity contribution is 0.431. The number of rotatable bonds is 4. The van der Waals surface area contributed by atoms with Crippen molar-refractivity contribution in [2.24, 2.45) is 0 Å². The van der Waals surface area contributed by atoms with Gasteiger partial charge in [-0.3, -0.25) is 0 Å². The first kappa shape index (κ1) is 10.8. The molecule has 0 radical (unpaired) electrons. The molecule has 0 atom stereocenters. The molecule has 2 rings (SSSR count). The van der Waals surface area contributed by atoms with Gasteiger partial charge in [0.2, 0.25) is 0 Å². The topological polar surface area (TPSA) is 38.1 Å². The smallest absolute Gasteiger partial charge is 0.171 e. The fourth-order valence-electron chi connectivity index (χ4n) is 1.51. The Labute approximate surface area is 93.3 Å². The number of nitrogens with zero attached hydrogens (tertiary/aromatic N) is 1. The molecule has 4 heteroatoms. The maximum Gasteiger partial charge on any atom is 0.171 e. The third-order valence-electron chi connectivity index (χ3n) is 2.30. The van der Waals surface area contributed by atoms with Crippen LogP contribution in [0.5, 0.6) is 0 Å². The van der Waals surface area contributed by atoms with Crippen LogP contribution in [0.3, 0.4) is 0 Å². The van der Waals surface area contributed by atoms with Crippen molar-refractivity contribution in [1.82, 2.24) is 10.5 Å². The zero-order chi connectivity index (χ0) is 11.4. The Hall–Kier alpha value is -1.68. The highest BCUT2D eigenvalue weighted by Crippen LogP contribution is 2.23. The lowest BCUT2D eigenvalue weighted by Crippen LogP contribution is -2.11. The number of hydrogen-bond acceptors (Lipinski definition) is 3. The molecule has 0 amide bonds. The molecule has 2 aromatic rings. The molecular formula is C12H13FN2O. The fraction of sp³-hybridized carbons (Fsp3) is 0.250. The van der Waals surface area contributed by atoms with Gasteiger partial charge in [-0.1, -0.05) is 24.2 Å². The summed E-state index contributed by atoms with van der Waals surface area (Å²) in [4.78, 5) is 0. The zero-order valence-electron chi connectivity index (χ0n) is 9.03. The highest BCUT2D eigenvalue weighted by molar-refractivity contribution is 5.60. The molecule has 1 aromatic carbocycles. The van der Waals surface area contributed by atoms with Crippen molar-refractivity contribution < 1.29 is 8.91 Å². The standard InChI is InChI=1S/C12H13FN2O/c1-2-14-7-10-8-15-16-12(10)9-4-3-5-11(13)6-9/h3-6,8,14H,2,7H2,1H3.